The van der Waals surface area contributed by atoms with E-state index >= 15 is 0 Å². The number of nitrogens with zero attached hydrogens (tertiary/aromatic N) is 5. The predicted octanol–water partition coefficient (Wildman–Crippen LogP) is 4.67. The molecule has 0 amide bonds. The first-order valence-corrected chi connectivity index (χ1v) is 12.4. The summed E-state index contributed by atoms with van der Waals surface area (Å²) in [4.78, 5) is 15.9. The van der Waals surface area contributed by atoms with Crippen molar-refractivity contribution in [1.82, 2.24) is 19.8 Å². The Morgan fingerprint density at radius 2 is 1.61 bits per heavy atom. The molecule has 3 aliphatic heterocycles. The Morgan fingerprint density at radius 3 is 2.30 bits per heavy atom. The second-order valence-electron chi connectivity index (χ2n) is 10.2. The lowest BCUT2D eigenvalue weighted by molar-refractivity contribution is -0.136. The molecule has 0 spiro atoms. The van der Waals surface area contributed by atoms with Crippen LogP contribution >= 0.6 is 0 Å². The zero-order valence-electron chi connectivity index (χ0n) is 19.4. The predicted molar refractivity (Wildman–Crippen MR) is 124 cm³/mol. The summed E-state index contributed by atoms with van der Waals surface area (Å²) in [6.45, 7) is 9.86. The Labute approximate surface area is 194 Å². The molecule has 33 heavy (non-hydrogen) atoms. The third kappa shape index (κ3) is 4.83. The first-order chi connectivity index (χ1) is 15.9. The summed E-state index contributed by atoms with van der Waals surface area (Å²) in [6.07, 6.45) is 4.96. The highest BCUT2D eigenvalue weighted by molar-refractivity contribution is 5.90. The number of aromatic nitrogens is 2. The summed E-state index contributed by atoms with van der Waals surface area (Å²) in [5.41, 5.74) is 0.347. The van der Waals surface area contributed by atoms with Crippen molar-refractivity contribution in [3.8, 4) is 0 Å². The number of piperidine rings is 2. The number of likely N-dealkylation sites (tertiary alicyclic amines) is 2. The zero-order chi connectivity index (χ0) is 23.0. The van der Waals surface area contributed by atoms with Gasteiger partial charge in [-0.2, -0.15) is 13.2 Å². The largest absolute Gasteiger partial charge is 0.418 e. The summed E-state index contributed by atoms with van der Waals surface area (Å²) >= 11 is 0. The van der Waals surface area contributed by atoms with E-state index in [1.807, 2.05) is 0 Å². The van der Waals surface area contributed by atoms with Crippen molar-refractivity contribution < 1.29 is 13.2 Å². The van der Waals surface area contributed by atoms with Crippen LogP contribution in [0.1, 0.15) is 44.6 Å². The smallest absolute Gasteiger partial charge is 0.369 e. The summed E-state index contributed by atoms with van der Waals surface area (Å²) in [7, 11) is 0. The van der Waals surface area contributed by atoms with Gasteiger partial charge in [-0.1, -0.05) is 13.3 Å². The Kier molecular flexibility index (Phi) is 6.49. The molecule has 3 saturated heterocycles. The second kappa shape index (κ2) is 9.37. The van der Waals surface area contributed by atoms with Crippen molar-refractivity contribution in [3.05, 3.63) is 30.1 Å². The summed E-state index contributed by atoms with van der Waals surface area (Å²) in [5.74, 6) is 0.990. The minimum atomic E-state index is -4.44. The van der Waals surface area contributed by atoms with Gasteiger partial charge in [-0.25, -0.2) is 0 Å². The summed E-state index contributed by atoms with van der Waals surface area (Å²) in [5, 5.41) is 0. The fourth-order valence-electron chi connectivity index (χ4n) is 6.08. The standard InChI is InChI=1S/C25H34F3N5/c1-18-15-33(22-6-5-21(25(26,27)28)23-24(22)30-10-9-29-23)17-19(18)16-31-13-7-20(8-14-31)32-11-3-2-4-12-32/h5-6,9-10,18-20H,2-4,7-8,11-17H2,1H3/t18-,19-/m1/s1. The molecule has 0 radical (unpaired) electrons. The van der Waals surface area contributed by atoms with Crippen LogP contribution < -0.4 is 4.90 Å². The van der Waals surface area contributed by atoms with E-state index in [2.05, 4.69) is 31.6 Å². The minimum absolute atomic E-state index is 0.0570. The molecular weight excluding hydrogens is 427 g/mol. The molecule has 180 valence electrons. The topological polar surface area (TPSA) is 35.5 Å². The van der Waals surface area contributed by atoms with Crippen LogP contribution in [0, 0.1) is 11.8 Å². The number of anilines is 1. The van der Waals surface area contributed by atoms with Gasteiger partial charge in [-0.05, 0) is 75.8 Å². The van der Waals surface area contributed by atoms with Crippen molar-refractivity contribution in [1.29, 1.82) is 0 Å². The van der Waals surface area contributed by atoms with Gasteiger partial charge in [0.25, 0.3) is 0 Å². The van der Waals surface area contributed by atoms with Crippen molar-refractivity contribution in [2.24, 2.45) is 11.8 Å². The van der Waals surface area contributed by atoms with Gasteiger partial charge in [0, 0.05) is 38.1 Å². The molecule has 8 heteroatoms. The number of alkyl halides is 3. The molecule has 0 saturated carbocycles. The van der Waals surface area contributed by atoms with E-state index in [4.69, 9.17) is 0 Å². The van der Waals surface area contributed by atoms with E-state index in [0.717, 1.165) is 50.5 Å². The number of hydrogen-bond acceptors (Lipinski definition) is 5. The maximum absolute atomic E-state index is 13.5. The third-order valence-corrected chi connectivity index (χ3v) is 7.97. The van der Waals surface area contributed by atoms with E-state index < -0.39 is 11.7 Å². The minimum Gasteiger partial charge on any atom is -0.369 e. The van der Waals surface area contributed by atoms with Crippen molar-refractivity contribution in [2.45, 2.75) is 51.2 Å². The van der Waals surface area contributed by atoms with E-state index in [1.165, 1.54) is 57.6 Å². The molecule has 3 aliphatic rings. The van der Waals surface area contributed by atoms with Gasteiger partial charge in [0.15, 0.2) is 0 Å². The molecule has 0 N–H and O–H groups in total. The lowest BCUT2D eigenvalue weighted by atomic mass is 9.95. The SMILES string of the molecule is C[C@@H]1CN(c2ccc(C(F)(F)F)c3nccnc23)C[C@H]1CN1CCC(N2CCCCC2)CC1. The quantitative estimate of drug-likeness (QED) is 0.661. The molecule has 4 heterocycles. The Balaban J connectivity index is 1.24. The number of rotatable bonds is 4. The fraction of sp³-hybridized carbons (Fsp3) is 0.680. The Bertz CT molecular complexity index is 951. The van der Waals surface area contributed by atoms with E-state index in [1.54, 1.807) is 6.07 Å². The first-order valence-electron chi connectivity index (χ1n) is 12.4. The van der Waals surface area contributed by atoms with Crippen LogP contribution in [-0.4, -0.2) is 71.6 Å². The number of halogens is 3. The number of fused-ring (bicyclic) bond motifs is 1. The normalized spacial score (nSPS) is 26.4. The van der Waals surface area contributed by atoms with Crippen LogP contribution in [0.2, 0.25) is 0 Å². The zero-order valence-corrected chi connectivity index (χ0v) is 19.4. The van der Waals surface area contributed by atoms with Crippen LogP contribution in [0.3, 0.4) is 0 Å². The fourth-order valence-corrected chi connectivity index (χ4v) is 6.08. The van der Waals surface area contributed by atoms with E-state index in [0.29, 0.717) is 17.4 Å². The van der Waals surface area contributed by atoms with Crippen LogP contribution in [0.4, 0.5) is 18.9 Å². The third-order valence-electron chi connectivity index (χ3n) is 7.97. The molecule has 0 bridgehead atoms. The lowest BCUT2D eigenvalue weighted by Crippen LogP contribution is -2.47. The maximum atomic E-state index is 13.5. The molecule has 3 fully saturated rings. The monoisotopic (exact) mass is 461 g/mol. The van der Waals surface area contributed by atoms with Crippen molar-refractivity contribution in [2.75, 3.05) is 50.7 Å². The average molecular weight is 462 g/mol. The van der Waals surface area contributed by atoms with Gasteiger partial charge in [0.2, 0.25) is 0 Å². The van der Waals surface area contributed by atoms with Crippen LogP contribution in [-0.2, 0) is 6.18 Å². The molecule has 0 aliphatic carbocycles. The molecule has 1 aromatic carbocycles. The van der Waals surface area contributed by atoms with Crippen LogP contribution in [0.5, 0.6) is 0 Å². The molecule has 2 atom stereocenters. The van der Waals surface area contributed by atoms with Gasteiger partial charge in [0.1, 0.15) is 11.0 Å². The Hall–Kier alpha value is -1.93. The summed E-state index contributed by atoms with van der Waals surface area (Å²) < 4.78 is 40.4. The number of benzene rings is 1. The van der Waals surface area contributed by atoms with Gasteiger partial charge in [-0.3, -0.25) is 9.97 Å². The van der Waals surface area contributed by atoms with Gasteiger partial charge in [-0.15, -0.1) is 0 Å². The highest BCUT2D eigenvalue weighted by atomic mass is 19.4. The number of hydrogen-bond donors (Lipinski definition) is 0. The lowest BCUT2D eigenvalue weighted by Gasteiger charge is -2.41. The maximum Gasteiger partial charge on any atom is 0.418 e. The van der Waals surface area contributed by atoms with Crippen LogP contribution in [0.15, 0.2) is 24.5 Å². The second-order valence-corrected chi connectivity index (χ2v) is 10.2. The summed E-state index contributed by atoms with van der Waals surface area (Å²) in [6, 6.07) is 3.49. The Morgan fingerprint density at radius 1 is 0.909 bits per heavy atom. The van der Waals surface area contributed by atoms with Crippen molar-refractivity contribution >= 4 is 16.7 Å². The van der Waals surface area contributed by atoms with Gasteiger partial charge in [0.05, 0.1) is 11.3 Å². The van der Waals surface area contributed by atoms with Crippen LogP contribution in [0.25, 0.3) is 11.0 Å². The molecule has 5 rings (SSSR count). The molecule has 2 aromatic rings. The molecule has 0 unspecified atom stereocenters. The molecular formula is C25H34F3N5. The highest BCUT2D eigenvalue weighted by Crippen LogP contribution is 2.39. The van der Waals surface area contributed by atoms with E-state index in [9.17, 15) is 13.2 Å². The average Bonchev–Trinajstić information content (AvgIpc) is 3.18. The van der Waals surface area contributed by atoms with Crippen molar-refractivity contribution in [3.63, 3.8) is 0 Å². The molecule has 5 nitrogen and oxygen atoms in total. The van der Waals surface area contributed by atoms with Gasteiger partial charge < -0.3 is 14.7 Å². The highest BCUT2D eigenvalue weighted by Gasteiger charge is 2.37. The van der Waals surface area contributed by atoms with Gasteiger partial charge >= 0.3 is 6.18 Å². The molecule has 1 aromatic heterocycles. The first kappa shape index (κ1) is 22.8. The van der Waals surface area contributed by atoms with E-state index in [-0.39, 0.29) is 5.52 Å².